The van der Waals surface area contributed by atoms with Gasteiger partial charge in [-0.3, -0.25) is 4.72 Å². The lowest BCUT2D eigenvalue weighted by molar-refractivity contribution is 0.127. The Morgan fingerprint density at radius 2 is 2.16 bits per heavy atom. The van der Waals surface area contributed by atoms with Crippen molar-refractivity contribution in [2.75, 3.05) is 24.1 Å². The number of rotatable bonds is 6. The van der Waals surface area contributed by atoms with Gasteiger partial charge in [0.1, 0.15) is 0 Å². The molecule has 0 radical (unpaired) electrons. The highest BCUT2D eigenvalue weighted by Gasteiger charge is 2.23. The summed E-state index contributed by atoms with van der Waals surface area (Å²) < 4.78 is 32.2. The maximum Gasteiger partial charge on any atom is 0.235 e. The van der Waals surface area contributed by atoms with Gasteiger partial charge in [-0.25, -0.2) is 8.42 Å². The molecule has 1 saturated heterocycles. The van der Waals surface area contributed by atoms with Crippen molar-refractivity contribution in [2.24, 2.45) is 0 Å². The van der Waals surface area contributed by atoms with Crippen LogP contribution in [0.3, 0.4) is 0 Å². The second-order valence-electron chi connectivity index (χ2n) is 4.71. The third-order valence-electron chi connectivity index (χ3n) is 3.08. The summed E-state index contributed by atoms with van der Waals surface area (Å²) in [7, 11) is -1.53. The fraction of sp³-hybridized carbons (Fsp3) is 0.538. The van der Waals surface area contributed by atoms with E-state index in [0.717, 1.165) is 18.4 Å². The molecule has 19 heavy (non-hydrogen) atoms. The van der Waals surface area contributed by atoms with E-state index in [0.29, 0.717) is 18.8 Å². The molecular formula is C13H20N2O3S. The van der Waals surface area contributed by atoms with Crippen LogP contribution in [-0.4, -0.2) is 33.9 Å². The third kappa shape index (κ3) is 4.19. The highest BCUT2D eigenvalue weighted by molar-refractivity contribution is 7.92. The van der Waals surface area contributed by atoms with Gasteiger partial charge in [0.25, 0.3) is 0 Å². The molecule has 1 aliphatic heterocycles. The number of ether oxygens (including phenoxy) is 1. The van der Waals surface area contributed by atoms with Crippen molar-refractivity contribution in [2.45, 2.75) is 25.5 Å². The summed E-state index contributed by atoms with van der Waals surface area (Å²) in [5.41, 5.74) is 1.57. The van der Waals surface area contributed by atoms with Crippen LogP contribution in [0.15, 0.2) is 24.3 Å². The maximum atomic E-state index is 12.1. The van der Waals surface area contributed by atoms with E-state index in [4.69, 9.17) is 4.74 Å². The first kappa shape index (κ1) is 14.3. The molecule has 1 aliphatic rings. The number of hydrogen-bond acceptors (Lipinski definition) is 4. The maximum absolute atomic E-state index is 12.1. The Morgan fingerprint density at radius 3 is 2.84 bits per heavy atom. The zero-order valence-corrected chi connectivity index (χ0v) is 11.9. The second kappa shape index (κ2) is 6.36. The first-order valence-electron chi connectivity index (χ1n) is 6.45. The van der Waals surface area contributed by atoms with Crippen LogP contribution in [0.2, 0.25) is 0 Å². The number of para-hydroxylation sites is 1. The van der Waals surface area contributed by atoms with Gasteiger partial charge in [-0.2, -0.15) is 0 Å². The highest BCUT2D eigenvalue weighted by atomic mass is 32.2. The van der Waals surface area contributed by atoms with Crippen molar-refractivity contribution in [3.05, 3.63) is 29.8 Å². The minimum absolute atomic E-state index is 0.0287. The molecular weight excluding hydrogens is 264 g/mol. The molecule has 2 N–H and O–H groups in total. The summed E-state index contributed by atoms with van der Waals surface area (Å²) in [6.45, 7) is 1.29. The summed E-state index contributed by atoms with van der Waals surface area (Å²) in [6, 6.07) is 7.40. The lowest BCUT2D eigenvalue weighted by Gasteiger charge is -2.14. The van der Waals surface area contributed by atoms with Crippen LogP contribution < -0.4 is 10.0 Å². The molecule has 1 aromatic rings. The Kier molecular flexibility index (Phi) is 4.79. The Labute approximate surface area is 114 Å². The van der Waals surface area contributed by atoms with E-state index in [9.17, 15) is 8.42 Å². The van der Waals surface area contributed by atoms with Crippen molar-refractivity contribution in [3.63, 3.8) is 0 Å². The summed E-state index contributed by atoms with van der Waals surface area (Å²) in [4.78, 5) is 0. The molecule has 1 aromatic carbocycles. The van der Waals surface area contributed by atoms with E-state index in [-0.39, 0.29) is 11.9 Å². The van der Waals surface area contributed by atoms with Gasteiger partial charge >= 0.3 is 0 Å². The molecule has 0 aromatic heterocycles. The quantitative estimate of drug-likeness (QED) is 0.827. The van der Waals surface area contributed by atoms with Gasteiger partial charge in [-0.15, -0.1) is 0 Å². The van der Waals surface area contributed by atoms with Gasteiger partial charge in [0, 0.05) is 13.2 Å². The molecule has 0 amide bonds. The van der Waals surface area contributed by atoms with Crippen LogP contribution >= 0.6 is 0 Å². The Bertz CT molecular complexity index is 510. The molecule has 0 bridgehead atoms. The molecule has 5 nitrogen and oxygen atoms in total. The second-order valence-corrected chi connectivity index (χ2v) is 6.47. The van der Waals surface area contributed by atoms with Crippen LogP contribution in [0.1, 0.15) is 18.4 Å². The zero-order chi connectivity index (χ0) is 13.7. The molecule has 6 heteroatoms. The third-order valence-corrected chi connectivity index (χ3v) is 4.42. The van der Waals surface area contributed by atoms with Crippen LogP contribution in [0.25, 0.3) is 0 Å². The molecule has 1 heterocycles. The molecule has 106 valence electrons. The molecule has 0 spiro atoms. The fourth-order valence-electron chi connectivity index (χ4n) is 2.19. The fourth-order valence-corrected chi connectivity index (χ4v) is 3.56. The topological polar surface area (TPSA) is 67.4 Å². The number of nitrogens with one attached hydrogen (secondary N) is 2. The van der Waals surface area contributed by atoms with Crippen LogP contribution in [0, 0.1) is 0 Å². The molecule has 2 rings (SSSR count). The minimum Gasteiger partial charge on any atom is -0.377 e. The normalized spacial score (nSPS) is 19.5. The van der Waals surface area contributed by atoms with E-state index < -0.39 is 10.0 Å². The van der Waals surface area contributed by atoms with Crippen LogP contribution in [0.4, 0.5) is 5.69 Å². The summed E-state index contributed by atoms with van der Waals surface area (Å²) in [6.07, 6.45) is 1.59. The minimum atomic E-state index is -3.36. The van der Waals surface area contributed by atoms with E-state index in [1.54, 1.807) is 6.07 Å². The number of hydrogen-bond donors (Lipinski definition) is 2. The molecule has 0 saturated carbocycles. The van der Waals surface area contributed by atoms with Crippen molar-refractivity contribution in [1.82, 2.24) is 5.32 Å². The van der Waals surface area contributed by atoms with Gasteiger partial charge in [0.15, 0.2) is 0 Å². The predicted octanol–water partition coefficient (Wildman–Crippen LogP) is 1.33. The molecule has 1 unspecified atom stereocenters. The lowest BCUT2D eigenvalue weighted by Crippen LogP contribution is -2.26. The van der Waals surface area contributed by atoms with Crippen molar-refractivity contribution >= 4 is 15.7 Å². The van der Waals surface area contributed by atoms with E-state index in [2.05, 4.69) is 10.0 Å². The molecule has 0 aliphatic carbocycles. The van der Waals surface area contributed by atoms with Gasteiger partial charge in [-0.1, -0.05) is 18.2 Å². The highest BCUT2D eigenvalue weighted by Crippen LogP contribution is 2.19. The van der Waals surface area contributed by atoms with Gasteiger partial charge < -0.3 is 10.1 Å². The standard InChI is InChI=1S/C13H20N2O3S/c1-14-9-11-5-2-3-7-13(11)15-19(16,17)10-12-6-4-8-18-12/h2-3,5,7,12,14-15H,4,6,8-10H2,1H3. The van der Waals surface area contributed by atoms with Crippen molar-refractivity contribution < 1.29 is 13.2 Å². The van der Waals surface area contributed by atoms with Crippen molar-refractivity contribution in [3.8, 4) is 0 Å². The predicted molar refractivity (Wildman–Crippen MR) is 75.6 cm³/mol. The average molecular weight is 284 g/mol. The Balaban J connectivity index is 2.06. The summed E-state index contributed by atoms with van der Waals surface area (Å²) in [5, 5.41) is 3.02. The first-order chi connectivity index (χ1) is 9.11. The van der Waals surface area contributed by atoms with E-state index in [1.165, 1.54) is 0 Å². The summed E-state index contributed by atoms with van der Waals surface area (Å²) in [5.74, 6) is 0.0287. The van der Waals surface area contributed by atoms with E-state index in [1.807, 2.05) is 25.2 Å². The SMILES string of the molecule is CNCc1ccccc1NS(=O)(=O)CC1CCCO1. The Hall–Kier alpha value is -1.11. The first-order valence-corrected chi connectivity index (χ1v) is 8.10. The monoisotopic (exact) mass is 284 g/mol. The molecule has 1 fully saturated rings. The van der Waals surface area contributed by atoms with E-state index >= 15 is 0 Å². The smallest absolute Gasteiger partial charge is 0.235 e. The van der Waals surface area contributed by atoms with Crippen LogP contribution in [0.5, 0.6) is 0 Å². The molecule has 1 atom stereocenters. The largest absolute Gasteiger partial charge is 0.377 e. The summed E-state index contributed by atoms with van der Waals surface area (Å²) >= 11 is 0. The average Bonchev–Trinajstić information content (AvgIpc) is 2.83. The van der Waals surface area contributed by atoms with Crippen molar-refractivity contribution in [1.29, 1.82) is 0 Å². The van der Waals surface area contributed by atoms with Gasteiger partial charge in [-0.05, 0) is 31.5 Å². The van der Waals surface area contributed by atoms with Gasteiger partial charge in [0.05, 0.1) is 17.5 Å². The van der Waals surface area contributed by atoms with Crippen LogP contribution in [-0.2, 0) is 21.3 Å². The van der Waals surface area contributed by atoms with Gasteiger partial charge in [0.2, 0.25) is 10.0 Å². The Morgan fingerprint density at radius 1 is 1.37 bits per heavy atom. The number of benzene rings is 1. The zero-order valence-electron chi connectivity index (χ0n) is 11.1. The number of sulfonamides is 1. The lowest BCUT2D eigenvalue weighted by atomic mass is 10.2. The number of anilines is 1.